The van der Waals surface area contributed by atoms with Gasteiger partial charge in [0.15, 0.2) is 0 Å². The Labute approximate surface area is 101 Å². The van der Waals surface area contributed by atoms with Crippen LogP contribution in [0.1, 0.15) is 36.5 Å². The molecule has 1 aromatic carbocycles. The fourth-order valence-electron chi connectivity index (χ4n) is 2.60. The van der Waals surface area contributed by atoms with Crippen molar-refractivity contribution in [2.45, 2.75) is 37.8 Å². The van der Waals surface area contributed by atoms with E-state index < -0.39 is 0 Å². The normalized spacial score (nSPS) is 24.2. The molecule has 1 aliphatic heterocycles. The quantitative estimate of drug-likeness (QED) is 0.869. The number of rotatable bonds is 3. The second kappa shape index (κ2) is 4.75. The molecule has 1 heterocycles. The molecule has 1 aromatic rings. The molecule has 3 rings (SSSR count). The number of benzene rings is 1. The van der Waals surface area contributed by atoms with Crippen LogP contribution in [0.25, 0.3) is 0 Å². The van der Waals surface area contributed by atoms with Gasteiger partial charge in [-0.05, 0) is 30.9 Å². The van der Waals surface area contributed by atoms with Crippen LogP contribution in [0.4, 0.5) is 4.39 Å². The van der Waals surface area contributed by atoms with Gasteiger partial charge in [0.25, 0.3) is 0 Å². The highest BCUT2D eigenvalue weighted by Crippen LogP contribution is 2.29. The predicted octanol–water partition coefficient (Wildman–Crippen LogP) is 2.58. The molecule has 3 heteroatoms. The molecule has 0 amide bonds. The smallest absolute Gasteiger partial charge is 0.129 e. The van der Waals surface area contributed by atoms with Crippen LogP contribution >= 0.6 is 0 Å². The number of nitrogens with one attached hydrogen (secondary N) is 1. The maximum atomic E-state index is 13.8. The standard InChI is InChI=1S/C14H18FNO/c15-12-6-1-3-10-7-8-17-13(14(10)12)9-16-11-4-2-5-11/h1,3,6,11,13,16H,2,4-5,7-9H2. The molecule has 0 spiro atoms. The van der Waals surface area contributed by atoms with Crippen LogP contribution in [0.2, 0.25) is 0 Å². The lowest BCUT2D eigenvalue weighted by Gasteiger charge is -2.31. The molecule has 1 unspecified atom stereocenters. The Morgan fingerprint density at radius 2 is 2.24 bits per heavy atom. The summed E-state index contributed by atoms with van der Waals surface area (Å²) in [4.78, 5) is 0. The van der Waals surface area contributed by atoms with E-state index in [1.807, 2.05) is 6.07 Å². The summed E-state index contributed by atoms with van der Waals surface area (Å²) in [5.41, 5.74) is 1.88. The third-order valence-electron chi connectivity index (χ3n) is 3.85. The van der Waals surface area contributed by atoms with Crippen molar-refractivity contribution in [1.29, 1.82) is 0 Å². The summed E-state index contributed by atoms with van der Waals surface area (Å²) < 4.78 is 19.5. The minimum absolute atomic E-state index is 0.111. The minimum Gasteiger partial charge on any atom is -0.372 e. The maximum absolute atomic E-state index is 13.8. The minimum atomic E-state index is -0.123. The molecule has 1 fully saturated rings. The van der Waals surface area contributed by atoms with Crippen molar-refractivity contribution in [3.05, 3.63) is 35.1 Å². The first-order chi connectivity index (χ1) is 8.34. The van der Waals surface area contributed by atoms with E-state index in [1.165, 1.54) is 25.3 Å². The van der Waals surface area contributed by atoms with Gasteiger partial charge < -0.3 is 10.1 Å². The lowest BCUT2D eigenvalue weighted by Crippen LogP contribution is -2.39. The van der Waals surface area contributed by atoms with E-state index in [0.717, 1.165) is 24.1 Å². The van der Waals surface area contributed by atoms with Crippen molar-refractivity contribution in [3.63, 3.8) is 0 Å². The summed E-state index contributed by atoms with van der Waals surface area (Å²) in [6.07, 6.45) is 4.52. The van der Waals surface area contributed by atoms with Gasteiger partial charge >= 0.3 is 0 Å². The molecule has 2 aliphatic rings. The van der Waals surface area contributed by atoms with E-state index in [4.69, 9.17) is 4.74 Å². The molecular weight excluding hydrogens is 217 g/mol. The summed E-state index contributed by atoms with van der Waals surface area (Å²) in [6.45, 7) is 1.44. The Morgan fingerprint density at radius 1 is 1.35 bits per heavy atom. The van der Waals surface area contributed by atoms with Gasteiger partial charge in [-0.2, -0.15) is 0 Å². The topological polar surface area (TPSA) is 21.3 Å². The first kappa shape index (κ1) is 11.2. The molecular formula is C14H18FNO. The van der Waals surface area contributed by atoms with Crippen LogP contribution in [0, 0.1) is 5.82 Å². The molecule has 17 heavy (non-hydrogen) atoms. The SMILES string of the molecule is Fc1cccc2c1C(CNC1CCC1)OCC2. The van der Waals surface area contributed by atoms with Gasteiger partial charge in [-0.25, -0.2) is 4.39 Å². The molecule has 92 valence electrons. The highest BCUT2D eigenvalue weighted by molar-refractivity contribution is 5.32. The van der Waals surface area contributed by atoms with Crippen molar-refractivity contribution in [2.24, 2.45) is 0 Å². The van der Waals surface area contributed by atoms with Crippen LogP contribution in [0.5, 0.6) is 0 Å². The fraction of sp³-hybridized carbons (Fsp3) is 0.571. The summed E-state index contributed by atoms with van der Waals surface area (Å²) in [5.74, 6) is -0.123. The highest BCUT2D eigenvalue weighted by Gasteiger charge is 2.26. The van der Waals surface area contributed by atoms with Crippen molar-refractivity contribution in [1.82, 2.24) is 5.32 Å². The lowest BCUT2D eigenvalue weighted by molar-refractivity contribution is 0.0358. The van der Waals surface area contributed by atoms with Gasteiger partial charge in [-0.1, -0.05) is 18.6 Å². The third-order valence-corrected chi connectivity index (χ3v) is 3.85. The second-order valence-corrected chi connectivity index (χ2v) is 4.96. The number of hydrogen-bond acceptors (Lipinski definition) is 2. The number of fused-ring (bicyclic) bond motifs is 1. The van der Waals surface area contributed by atoms with Gasteiger partial charge in [0.2, 0.25) is 0 Å². The van der Waals surface area contributed by atoms with Gasteiger partial charge in [0, 0.05) is 18.2 Å². The Morgan fingerprint density at radius 3 is 3.00 bits per heavy atom. The van der Waals surface area contributed by atoms with Crippen molar-refractivity contribution < 1.29 is 9.13 Å². The molecule has 0 bridgehead atoms. The maximum Gasteiger partial charge on any atom is 0.129 e. The number of halogens is 1. The van der Waals surface area contributed by atoms with Crippen LogP contribution < -0.4 is 5.32 Å². The van der Waals surface area contributed by atoms with E-state index in [9.17, 15) is 4.39 Å². The summed E-state index contributed by atoms with van der Waals surface area (Å²) in [6, 6.07) is 5.95. The molecule has 0 aromatic heterocycles. The van der Waals surface area contributed by atoms with Crippen LogP contribution in [0.3, 0.4) is 0 Å². The zero-order valence-electron chi connectivity index (χ0n) is 9.92. The van der Waals surface area contributed by atoms with E-state index in [1.54, 1.807) is 6.07 Å². The Balaban J connectivity index is 1.73. The van der Waals surface area contributed by atoms with E-state index in [0.29, 0.717) is 12.6 Å². The van der Waals surface area contributed by atoms with E-state index in [-0.39, 0.29) is 11.9 Å². The van der Waals surface area contributed by atoms with Crippen LogP contribution in [-0.2, 0) is 11.2 Å². The Bertz CT molecular complexity index is 403. The van der Waals surface area contributed by atoms with Crippen molar-refractivity contribution in [2.75, 3.05) is 13.2 Å². The first-order valence-corrected chi connectivity index (χ1v) is 6.47. The molecule has 0 radical (unpaired) electrons. The number of hydrogen-bond donors (Lipinski definition) is 1. The molecule has 2 nitrogen and oxygen atoms in total. The van der Waals surface area contributed by atoms with Crippen molar-refractivity contribution >= 4 is 0 Å². The largest absolute Gasteiger partial charge is 0.372 e. The zero-order chi connectivity index (χ0) is 11.7. The second-order valence-electron chi connectivity index (χ2n) is 4.96. The molecule has 1 aliphatic carbocycles. The van der Waals surface area contributed by atoms with Crippen molar-refractivity contribution in [3.8, 4) is 0 Å². The summed E-state index contributed by atoms with van der Waals surface area (Å²) in [5, 5.41) is 3.47. The van der Waals surface area contributed by atoms with Crippen LogP contribution in [0.15, 0.2) is 18.2 Å². The first-order valence-electron chi connectivity index (χ1n) is 6.47. The van der Waals surface area contributed by atoms with E-state index in [2.05, 4.69) is 5.32 Å². The monoisotopic (exact) mass is 235 g/mol. The average Bonchev–Trinajstić information content (AvgIpc) is 2.27. The number of ether oxygens (including phenoxy) is 1. The Hall–Kier alpha value is -0.930. The van der Waals surface area contributed by atoms with Crippen LogP contribution in [-0.4, -0.2) is 19.2 Å². The molecule has 1 saturated carbocycles. The highest BCUT2D eigenvalue weighted by atomic mass is 19.1. The summed E-state index contributed by atoms with van der Waals surface area (Å²) >= 11 is 0. The lowest BCUT2D eigenvalue weighted by atomic mass is 9.92. The Kier molecular flexibility index (Phi) is 3.12. The zero-order valence-corrected chi connectivity index (χ0v) is 9.92. The molecule has 1 N–H and O–H groups in total. The van der Waals surface area contributed by atoms with Gasteiger partial charge in [-0.15, -0.1) is 0 Å². The third kappa shape index (κ3) is 2.22. The van der Waals surface area contributed by atoms with Gasteiger partial charge in [0.1, 0.15) is 5.82 Å². The van der Waals surface area contributed by atoms with Gasteiger partial charge in [0.05, 0.1) is 12.7 Å². The summed E-state index contributed by atoms with van der Waals surface area (Å²) in [7, 11) is 0. The average molecular weight is 235 g/mol. The predicted molar refractivity (Wildman–Crippen MR) is 64.4 cm³/mol. The van der Waals surface area contributed by atoms with Gasteiger partial charge in [-0.3, -0.25) is 0 Å². The molecule has 1 atom stereocenters. The fourth-order valence-corrected chi connectivity index (χ4v) is 2.60. The van der Waals surface area contributed by atoms with E-state index >= 15 is 0 Å². The molecule has 0 saturated heterocycles.